The van der Waals surface area contributed by atoms with Gasteiger partial charge in [-0.3, -0.25) is 0 Å². The van der Waals surface area contributed by atoms with E-state index in [9.17, 15) is 0 Å². The molecule has 0 spiro atoms. The fourth-order valence-electron chi connectivity index (χ4n) is 0. The summed E-state index contributed by atoms with van der Waals surface area (Å²) in [6.07, 6.45) is 0. The summed E-state index contributed by atoms with van der Waals surface area (Å²) in [5.41, 5.74) is 0. The Morgan fingerprint density at radius 1 is 0.286 bits per heavy atom. The molecule has 0 amide bonds. The third-order valence-electron chi connectivity index (χ3n) is 0. The number of rotatable bonds is 0. The van der Waals surface area contributed by atoms with Crippen molar-refractivity contribution in [3.8, 4) is 0 Å². The van der Waals surface area contributed by atoms with Crippen molar-refractivity contribution < 1.29 is 19.8 Å². The van der Waals surface area contributed by atoms with Crippen LogP contribution in [-0.2, 0) is 19.8 Å². The Bertz CT molecular complexity index is 4.14. The maximum absolute atomic E-state index is 0. The molecular weight excluding hydrogens is 403 g/mol. The average molecular weight is 409 g/mol. The van der Waals surface area contributed by atoms with Gasteiger partial charge in [-0.15, -0.1) is 74.4 Å². The Morgan fingerprint density at radius 2 is 0.286 bits per heavy atom. The molecule has 0 aromatic heterocycles. The fourth-order valence-corrected chi connectivity index (χ4v) is 0. The first kappa shape index (κ1) is 116. The molecule has 0 fully saturated rings. The van der Waals surface area contributed by atoms with Crippen LogP contribution in [0.5, 0.6) is 0 Å². The van der Waals surface area contributed by atoms with Crippen LogP contribution in [0.3, 0.4) is 0 Å². The monoisotopic (exact) mass is 408 g/mol. The van der Waals surface area contributed by atoms with Gasteiger partial charge in [-0.1, -0.05) is 0 Å². The minimum atomic E-state index is 0. The summed E-state index contributed by atoms with van der Waals surface area (Å²) < 4.78 is 0. The number of halogens is 6. The second-order valence-corrected chi connectivity index (χ2v) is 0. The number of hydrogen-bond donors (Lipinski definition) is 0. The Balaban J connectivity index is 0. The zero-order chi connectivity index (χ0) is 0. The van der Waals surface area contributed by atoms with Crippen LogP contribution < -0.4 is 0 Å². The van der Waals surface area contributed by atoms with E-state index in [-0.39, 0.29) is 94.2 Å². The van der Waals surface area contributed by atoms with Crippen LogP contribution in [0.4, 0.5) is 0 Å². The minimum absolute atomic E-state index is 0. The molecular formula is H6Cl6Os. The summed E-state index contributed by atoms with van der Waals surface area (Å²) in [5, 5.41) is 0. The van der Waals surface area contributed by atoms with E-state index in [1.807, 2.05) is 0 Å². The largest absolute Gasteiger partial charge is 0.147 e. The molecule has 0 aliphatic heterocycles. The smallest absolute Gasteiger partial charge is 0 e. The van der Waals surface area contributed by atoms with Gasteiger partial charge >= 0.3 is 0 Å². The van der Waals surface area contributed by atoms with Crippen LogP contribution in [0.15, 0.2) is 0 Å². The van der Waals surface area contributed by atoms with Gasteiger partial charge in [-0.25, -0.2) is 0 Å². The predicted molar refractivity (Wildman–Crippen MR) is 43.5 cm³/mol. The molecule has 0 aliphatic carbocycles. The van der Waals surface area contributed by atoms with Gasteiger partial charge in [0.15, 0.2) is 0 Å². The van der Waals surface area contributed by atoms with Gasteiger partial charge < -0.3 is 0 Å². The molecule has 0 aliphatic rings. The van der Waals surface area contributed by atoms with E-state index in [0.29, 0.717) is 0 Å². The van der Waals surface area contributed by atoms with Gasteiger partial charge in [0.2, 0.25) is 0 Å². The first-order valence-corrected chi connectivity index (χ1v) is 0. The van der Waals surface area contributed by atoms with Crippen molar-refractivity contribution in [3.05, 3.63) is 0 Å². The van der Waals surface area contributed by atoms with Gasteiger partial charge in [-0.05, 0) is 0 Å². The quantitative estimate of drug-likeness (QED) is 0.577. The summed E-state index contributed by atoms with van der Waals surface area (Å²) in [6, 6.07) is 0. The maximum Gasteiger partial charge on any atom is 0 e. The van der Waals surface area contributed by atoms with E-state index < -0.39 is 0 Å². The van der Waals surface area contributed by atoms with Gasteiger partial charge in [0.25, 0.3) is 0 Å². The van der Waals surface area contributed by atoms with Crippen LogP contribution in [0.2, 0.25) is 0 Å². The molecule has 7 heteroatoms. The van der Waals surface area contributed by atoms with Gasteiger partial charge in [-0.2, -0.15) is 0 Å². The summed E-state index contributed by atoms with van der Waals surface area (Å²) in [7, 11) is 0. The van der Waals surface area contributed by atoms with Crippen molar-refractivity contribution in [3.63, 3.8) is 0 Å². The Labute approximate surface area is 93.5 Å². The van der Waals surface area contributed by atoms with E-state index in [4.69, 9.17) is 0 Å². The second kappa shape index (κ2) is 80.7. The van der Waals surface area contributed by atoms with Crippen molar-refractivity contribution in [2.45, 2.75) is 0 Å². The van der Waals surface area contributed by atoms with E-state index in [1.165, 1.54) is 0 Å². The molecule has 0 rings (SSSR count). The Hall–Kier alpha value is 2.38. The van der Waals surface area contributed by atoms with Crippen molar-refractivity contribution in [2.75, 3.05) is 0 Å². The van der Waals surface area contributed by atoms with Gasteiger partial charge in [0, 0.05) is 19.8 Å². The molecule has 0 bridgehead atoms. The molecule has 0 aromatic carbocycles. The predicted octanol–water partition coefficient (Wildman–Crippen LogP) is 2.53. The summed E-state index contributed by atoms with van der Waals surface area (Å²) in [5.74, 6) is 0. The zero-order valence-electron chi connectivity index (χ0n) is 2.80. The van der Waals surface area contributed by atoms with Crippen molar-refractivity contribution >= 4 is 74.4 Å². The Kier molecular flexibility index (Phi) is 1340. The molecule has 56 valence electrons. The van der Waals surface area contributed by atoms with Crippen LogP contribution in [0, 0.1) is 0 Å². The van der Waals surface area contributed by atoms with Crippen molar-refractivity contribution in [2.24, 2.45) is 0 Å². The first-order valence-electron chi connectivity index (χ1n) is 0. The normalized spacial score (nSPS) is 0. The van der Waals surface area contributed by atoms with Crippen LogP contribution in [-0.4, -0.2) is 0 Å². The molecule has 0 saturated carbocycles. The SMILES string of the molecule is Cl.Cl.Cl.Cl.Cl.Cl.[Os]. The molecule has 0 saturated heterocycles. The Morgan fingerprint density at radius 3 is 0.286 bits per heavy atom. The molecule has 0 atom stereocenters. The van der Waals surface area contributed by atoms with Gasteiger partial charge in [0.05, 0.1) is 0 Å². The topological polar surface area (TPSA) is 0 Å². The molecule has 7 heavy (non-hydrogen) atoms. The minimum Gasteiger partial charge on any atom is -0.147 e. The average Bonchev–Trinajstić information content (AvgIpc) is 0. The first-order chi connectivity index (χ1) is 0. The summed E-state index contributed by atoms with van der Waals surface area (Å²) >= 11 is 0. The van der Waals surface area contributed by atoms with Crippen LogP contribution >= 0.6 is 74.4 Å². The second-order valence-electron chi connectivity index (χ2n) is 0. The number of hydrogen-bond acceptors (Lipinski definition) is 0. The summed E-state index contributed by atoms with van der Waals surface area (Å²) in [4.78, 5) is 0. The maximum atomic E-state index is 0. The fraction of sp³-hybridized carbons (Fsp3) is 0. The standard InChI is InChI=1S/6ClH.Os/h6*1H;. The summed E-state index contributed by atoms with van der Waals surface area (Å²) in [6.45, 7) is 0. The van der Waals surface area contributed by atoms with E-state index in [0.717, 1.165) is 0 Å². The van der Waals surface area contributed by atoms with Crippen LogP contribution in [0.1, 0.15) is 0 Å². The molecule has 0 unspecified atom stereocenters. The van der Waals surface area contributed by atoms with E-state index >= 15 is 0 Å². The van der Waals surface area contributed by atoms with Gasteiger partial charge in [0.1, 0.15) is 0 Å². The zero-order valence-corrected chi connectivity index (χ0v) is 10.2. The third kappa shape index (κ3) is 60.3. The van der Waals surface area contributed by atoms with E-state index in [1.54, 1.807) is 0 Å². The molecule has 0 aromatic rings. The molecule has 0 N–H and O–H groups in total. The molecule has 0 nitrogen and oxygen atoms in total. The van der Waals surface area contributed by atoms with E-state index in [2.05, 4.69) is 0 Å². The molecule has 0 heterocycles. The molecule has 0 radical (unpaired) electrons. The van der Waals surface area contributed by atoms with Crippen molar-refractivity contribution in [1.82, 2.24) is 0 Å². The third-order valence-corrected chi connectivity index (χ3v) is 0. The van der Waals surface area contributed by atoms with Crippen molar-refractivity contribution in [1.29, 1.82) is 0 Å². The van der Waals surface area contributed by atoms with Crippen LogP contribution in [0.25, 0.3) is 0 Å².